The first-order chi connectivity index (χ1) is 15.8. The smallest absolute Gasteiger partial charge is 0.348 e. The third-order valence-electron chi connectivity index (χ3n) is 5.92. The van der Waals surface area contributed by atoms with Crippen molar-refractivity contribution in [1.29, 1.82) is 0 Å². The van der Waals surface area contributed by atoms with Gasteiger partial charge in [-0.3, -0.25) is 9.36 Å². The van der Waals surface area contributed by atoms with E-state index in [1.165, 1.54) is 27.2 Å². The van der Waals surface area contributed by atoms with Crippen molar-refractivity contribution in [3.05, 3.63) is 69.7 Å². The highest BCUT2D eigenvalue weighted by Crippen LogP contribution is 2.27. The molecule has 1 amide bonds. The molecule has 1 saturated heterocycles. The highest BCUT2D eigenvalue weighted by Gasteiger charge is 2.31. The quantitative estimate of drug-likeness (QED) is 0.574. The van der Waals surface area contributed by atoms with E-state index in [1.807, 2.05) is 13.0 Å². The van der Waals surface area contributed by atoms with E-state index in [1.54, 1.807) is 24.3 Å². The molecule has 1 N–H and O–H groups in total. The van der Waals surface area contributed by atoms with E-state index in [0.717, 1.165) is 24.8 Å². The van der Waals surface area contributed by atoms with Crippen LogP contribution < -0.4 is 11.0 Å². The van der Waals surface area contributed by atoms with Gasteiger partial charge in [-0.15, -0.1) is 0 Å². The molecule has 2 aromatic carbocycles. The summed E-state index contributed by atoms with van der Waals surface area (Å²) in [5.41, 5.74) is 0.613. The Balaban J connectivity index is 1.58. The van der Waals surface area contributed by atoms with Gasteiger partial charge in [-0.25, -0.2) is 18.2 Å². The molecule has 0 aliphatic carbocycles. The Morgan fingerprint density at radius 2 is 2.00 bits per heavy atom. The molecule has 1 atom stereocenters. The zero-order valence-electron chi connectivity index (χ0n) is 18.2. The van der Waals surface area contributed by atoms with Crippen molar-refractivity contribution in [3.8, 4) is 0 Å². The van der Waals surface area contributed by atoms with Gasteiger partial charge in [0.1, 0.15) is 6.54 Å². The lowest BCUT2D eigenvalue weighted by Crippen LogP contribution is -2.41. The number of sulfonamides is 1. The number of rotatable bonds is 6. The fraction of sp³-hybridized carbons (Fsp3) is 0.348. The minimum Gasteiger partial charge on any atom is -0.350 e. The summed E-state index contributed by atoms with van der Waals surface area (Å²) in [6.07, 6.45) is 4.02. The number of fused-ring (bicyclic) bond motifs is 1. The predicted molar refractivity (Wildman–Crippen MR) is 127 cm³/mol. The monoisotopic (exact) mass is 488 g/mol. The molecule has 33 heavy (non-hydrogen) atoms. The predicted octanol–water partition coefficient (Wildman–Crippen LogP) is 2.93. The normalized spacial score (nSPS) is 17.2. The number of benzene rings is 2. The molecule has 8 nitrogen and oxygen atoms in total. The highest BCUT2D eigenvalue weighted by molar-refractivity contribution is 7.89. The van der Waals surface area contributed by atoms with Crippen LogP contribution in [0.5, 0.6) is 0 Å². The van der Waals surface area contributed by atoms with Crippen LogP contribution in [0.15, 0.2) is 58.4 Å². The van der Waals surface area contributed by atoms with Gasteiger partial charge in [0.25, 0.3) is 0 Å². The number of carbonyl (C=O) groups excluding carboxylic acids is 1. The molecule has 1 aliphatic heterocycles. The number of carbonyl (C=O) groups is 1. The molecule has 1 aromatic heterocycles. The molecule has 10 heteroatoms. The second-order valence-corrected chi connectivity index (χ2v) is 10.5. The molecule has 0 saturated carbocycles. The summed E-state index contributed by atoms with van der Waals surface area (Å²) in [6.45, 7) is 2.38. The molecular formula is C23H25ClN4O4S. The Kier molecular flexibility index (Phi) is 6.83. The van der Waals surface area contributed by atoms with Crippen molar-refractivity contribution in [2.24, 2.45) is 0 Å². The van der Waals surface area contributed by atoms with E-state index in [4.69, 9.17) is 11.6 Å². The second-order valence-electron chi connectivity index (χ2n) is 8.18. The molecule has 174 valence electrons. The van der Waals surface area contributed by atoms with Gasteiger partial charge < -0.3 is 5.32 Å². The van der Waals surface area contributed by atoms with Gasteiger partial charge >= 0.3 is 5.69 Å². The lowest BCUT2D eigenvalue weighted by atomic mass is 10.1. The number of piperidine rings is 1. The van der Waals surface area contributed by atoms with Crippen LogP contribution in [0.1, 0.15) is 31.7 Å². The van der Waals surface area contributed by atoms with Crippen LogP contribution >= 0.6 is 11.6 Å². The Morgan fingerprint density at radius 3 is 2.76 bits per heavy atom. The third kappa shape index (κ3) is 4.95. The van der Waals surface area contributed by atoms with E-state index in [-0.39, 0.29) is 29.9 Å². The van der Waals surface area contributed by atoms with Crippen LogP contribution in [0.25, 0.3) is 10.9 Å². The largest absolute Gasteiger partial charge is 0.350 e. The zero-order valence-corrected chi connectivity index (χ0v) is 19.8. The average Bonchev–Trinajstić information content (AvgIpc) is 2.80. The van der Waals surface area contributed by atoms with Crippen LogP contribution in [0.3, 0.4) is 0 Å². The van der Waals surface area contributed by atoms with Crippen LogP contribution in [-0.4, -0.2) is 40.8 Å². The summed E-state index contributed by atoms with van der Waals surface area (Å²) in [5, 5.41) is 3.76. The first kappa shape index (κ1) is 23.4. The first-order valence-electron chi connectivity index (χ1n) is 10.8. The molecule has 0 bridgehead atoms. The number of nitrogens with one attached hydrogen (secondary N) is 1. The van der Waals surface area contributed by atoms with E-state index in [9.17, 15) is 18.0 Å². The average molecular weight is 489 g/mol. The minimum absolute atomic E-state index is 0.0617. The van der Waals surface area contributed by atoms with E-state index >= 15 is 0 Å². The summed E-state index contributed by atoms with van der Waals surface area (Å²) in [7, 11) is -3.67. The number of halogens is 1. The molecule has 1 aliphatic rings. The summed E-state index contributed by atoms with van der Waals surface area (Å²) >= 11 is 6.12. The fourth-order valence-electron chi connectivity index (χ4n) is 4.09. The van der Waals surface area contributed by atoms with Crippen LogP contribution in [0, 0.1) is 0 Å². The maximum absolute atomic E-state index is 13.2. The second kappa shape index (κ2) is 9.62. The molecule has 1 fully saturated rings. The van der Waals surface area contributed by atoms with Gasteiger partial charge in [0, 0.05) is 35.7 Å². The number of nitrogens with zero attached hydrogens (tertiary/aromatic N) is 3. The summed E-state index contributed by atoms with van der Waals surface area (Å²) in [5.74, 6) is -0.384. The Bertz CT molecular complexity index is 1360. The molecule has 0 spiro atoms. The maximum Gasteiger partial charge on any atom is 0.348 e. The van der Waals surface area contributed by atoms with Crippen molar-refractivity contribution in [2.75, 3.05) is 6.54 Å². The van der Waals surface area contributed by atoms with Crippen molar-refractivity contribution in [2.45, 2.75) is 50.2 Å². The zero-order chi connectivity index (χ0) is 23.6. The van der Waals surface area contributed by atoms with Crippen molar-refractivity contribution < 1.29 is 13.2 Å². The standard InChI is InChI=1S/C23H25ClN4O4S/c1-16-6-4-5-11-28(16)33(31,32)19-9-10-21-18(12-19)14-26-23(30)27(21)15-22(29)25-13-17-7-2-3-8-20(17)24/h2-3,7-10,12,14,16H,4-6,11,13,15H2,1H3,(H,25,29). The minimum atomic E-state index is -3.67. The highest BCUT2D eigenvalue weighted by atomic mass is 35.5. The SMILES string of the molecule is CC1CCCCN1S(=O)(=O)c1ccc2c(cnc(=O)n2CC(=O)NCc2ccccc2Cl)c1. The summed E-state index contributed by atoms with van der Waals surface area (Å²) < 4.78 is 29.1. The number of amides is 1. The Morgan fingerprint density at radius 1 is 1.21 bits per heavy atom. The first-order valence-corrected chi connectivity index (χ1v) is 12.6. The van der Waals surface area contributed by atoms with Gasteiger partial charge in [0.2, 0.25) is 15.9 Å². The third-order valence-corrected chi connectivity index (χ3v) is 8.30. The van der Waals surface area contributed by atoms with Crippen molar-refractivity contribution in [3.63, 3.8) is 0 Å². The number of aromatic nitrogens is 2. The lowest BCUT2D eigenvalue weighted by Gasteiger charge is -2.32. The van der Waals surface area contributed by atoms with Crippen LogP contribution in [0.2, 0.25) is 5.02 Å². The molecule has 0 radical (unpaired) electrons. The molecule has 4 rings (SSSR count). The molecule has 2 heterocycles. The lowest BCUT2D eigenvalue weighted by molar-refractivity contribution is -0.121. The maximum atomic E-state index is 13.2. The van der Waals surface area contributed by atoms with Crippen LogP contribution in [-0.2, 0) is 27.9 Å². The van der Waals surface area contributed by atoms with E-state index in [0.29, 0.717) is 22.5 Å². The van der Waals surface area contributed by atoms with Crippen molar-refractivity contribution in [1.82, 2.24) is 19.2 Å². The summed E-state index contributed by atoms with van der Waals surface area (Å²) in [6, 6.07) is 11.7. The Labute approximate surface area is 197 Å². The fourth-order valence-corrected chi connectivity index (χ4v) is 6.03. The van der Waals surface area contributed by atoms with Gasteiger partial charge in [-0.2, -0.15) is 4.31 Å². The number of hydrogen-bond donors (Lipinski definition) is 1. The van der Waals surface area contributed by atoms with E-state index < -0.39 is 15.7 Å². The van der Waals surface area contributed by atoms with Gasteiger partial charge in [0.15, 0.2) is 0 Å². The number of hydrogen-bond acceptors (Lipinski definition) is 5. The van der Waals surface area contributed by atoms with Gasteiger partial charge in [-0.05, 0) is 49.6 Å². The molecular weight excluding hydrogens is 464 g/mol. The molecule has 3 aromatic rings. The Hall–Kier alpha value is -2.75. The van der Waals surface area contributed by atoms with Gasteiger partial charge in [-0.1, -0.05) is 36.2 Å². The van der Waals surface area contributed by atoms with Crippen molar-refractivity contribution >= 4 is 38.4 Å². The topological polar surface area (TPSA) is 101 Å². The summed E-state index contributed by atoms with van der Waals surface area (Å²) in [4.78, 5) is 28.9. The van der Waals surface area contributed by atoms with Crippen LogP contribution in [0.4, 0.5) is 0 Å². The van der Waals surface area contributed by atoms with Gasteiger partial charge in [0.05, 0.1) is 10.4 Å². The molecule has 1 unspecified atom stereocenters. The van der Waals surface area contributed by atoms with E-state index in [2.05, 4.69) is 10.3 Å².